The average molecular weight is 214 g/mol. The van der Waals surface area contributed by atoms with E-state index in [0.717, 1.165) is 0 Å². The van der Waals surface area contributed by atoms with Gasteiger partial charge in [0.15, 0.2) is 0 Å². The molecule has 2 N–H and O–H groups in total. The smallest absolute Gasteiger partial charge is 0.249 e. The quantitative estimate of drug-likeness (QED) is 0.268. The largest absolute Gasteiger partial charge is 0.366 e. The molecule has 1 aromatic rings. The first kappa shape index (κ1) is 11.6. The van der Waals surface area contributed by atoms with Gasteiger partial charge in [0.05, 0.1) is 5.56 Å². The van der Waals surface area contributed by atoms with Gasteiger partial charge in [-0.05, 0) is 17.7 Å². The number of carbonyl (C=O) groups is 1. The fourth-order valence-corrected chi connectivity index (χ4v) is 1.12. The van der Waals surface area contributed by atoms with E-state index in [0.29, 0.717) is 24.1 Å². The monoisotopic (exact) mass is 214 g/mol. The number of nitrogens with zero attached hydrogens (tertiary/aromatic N) is 3. The molecule has 1 aromatic carbocycles. The van der Waals surface area contributed by atoms with Crippen LogP contribution in [0, 0.1) is 11.8 Å². The maximum atomic E-state index is 11.0. The van der Waals surface area contributed by atoms with E-state index >= 15 is 0 Å². The van der Waals surface area contributed by atoms with Crippen LogP contribution in [-0.2, 0) is 0 Å². The lowest BCUT2D eigenvalue weighted by molar-refractivity contribution is 0.1000. The van der Waals surface area contributed by atoms with Crippen molar-refractivity contribution in [2.75, 3.05) is 6.54 Å². The molecule has 0 unspecified atom stereocenters. The van der Waals surface area contributed by atoms with Crippen LogP contribution in [0.5, 0.6) is 0 Å². The predicted octanol–water partition coefficient (Wildman–Crippen LogP) is 1.84. The van der Waals surface area contributed by atoms with Gasteiger partial charge in [-0.1, -0.05) is 29.1 Å². The molecule has 16 heavy (non-hydrogen) atoms. The molecule has 0 spiro atoms. The standard InChI is InChI=1S/C11H10N4O/c12-11(16)10-7-2-1-5-9(10)6-3-4-8-14-15-13/h1-2,5,7H,4,8H2,(H2,12,16). The van der Waals surface area contributed by atoms with Gasteiger partial charge in [-0.3, -0.25) is 4.79 Å². The normalized spacial score (nSPS) is 8.50. The van der Waals surface area contributed by atoms with Gasteiger partial charge in [0, 0.05) is 23.4 Å². The van der Waals surface area contributed by atoms with Crippen molar-refractivity contribution in [3.63, 3.8) is 0 Å². The number of benzene rings is 1. The highest BCUT2D eigenvalue weighted by atomic mass is 16.1. The summed E-state index contributed by atoms with van der Waals surface area (Å²) in [5.74, 6) is 5.13. The molecule has 0 radical (unpaired) electrons. The van der Waals surface area contributed by atoms with Crippen molar-refractivity contribution in [1.82, 2.24) is 0 Å². The number of azide groups is 1. The highest BCUT2D eigenvalue weighted by Gasteiger charge is 2.03. The Balaban J connectivity index is 2.80. The third-order valence-corrected chi connectivity index (χ3v) is 1.82. The number of primary amides is 1. The minimum Gasteiger partial charge on any atom is -0.366 e. The lowest BCUT2D eigenvalue weighted by Gasteiger charge is -1.97. The Hall–Kier alpha value is -2.44. The van der Waals surface area contributed by atoms with E-state index in [4.69, 9.17) is 11.3 Å². The molecule has 0 heterocycles. The third kappa shape index (κ3) is 3.37. The summed E-state index contributed by atoms with van der Waals surface area (Å²) in [6, 6.07) is 6.86. The summed E-state index contributed by atoms with van der Waals surface area (Å²) in [6.45, 7) is 0.322. The Morgan fingerprint density at radius 1 is 1.50 bits per heavy atom. The van der Waals surface area contributed by atoms with Crippen LogP contribution >= 0.6 is 0 Å². The van der Waals surface area contributed by atoms with Crippen molar-refractivity contribution >= 4 is 5.91 Å². The molecule has 1 rings (SSSR count). The van der Waals surface area contributed by atoms with Crippen molar-refractivity contribution < 1.29 is 4.79 Å². The Kier molecular flexibility index (Phi) is 4.45. The molecule has 80 valence electrons. The summed E-state index contributed by atoms with van der Waals surface area (Å²) in [6.07, 6.45) is 0.456. The van der Waals surface area contributed by atoms with Crippen molar-refractivity contribution in [2.45, 2.75) is 6.42 Å². The van der Waals surface area contributed by atoms with Gasteiger partial charge < -0.3 is 5.73 Å². The van der Waals surface area contributed by atoms with Crippen LogP contribution in [0.2, 0.25) is 0 Å². The number of carbonyl (C=O) groups excluding carboxylic acids is 1. The van der Waals surface area contributed by atoms with Crippen LogP contribution in [0.1, 0.15) is 22.3 Å². The maximum absolute atomic E-state index is 11.0. The van der Waals surface area contributed by atoms with Crippen molar-refractivity contribution in [3.05, 3.63) is 45.8 Å². The Morgan fingerprint density at radius 2 is 2.25 bits per heavy atom. The summed E-state index contributed by atoms with van der Waals surface area (Å²) in [7, 11) is 0. The van der Waals surface area contributed by atoms with Crippen LogP contribution in [0.4, 0.5) is 0 Å². The summed E-state index contributed by atoms with van der Waals surface area (Å²) >= 11 is 0. The molecule has 0 aromatic heterocycles. The second-order valence-corrected chi connectivity index (χ2v) is 2.92. The van der Waals surface area contributed by atoms with E-state index in [1.165, 1.54) is 0 Å². The SMILES string of the molecule is [N-]=[N+]=NCCC#Cc1ccccc1C(N)=O. The number of hydrogen-bond donors (Lipinski definition) is 1. The third-order valence-electron chi connectivity index (χ3n) is 1.82. The van der Waals surface area contributed by atoms with E-state index in [9.17, 15) is 4.79 Å². The molecule has 0 fully saturated rings. The highest BCUT2D eigenvalue weighted by Crippen LogP contribution is 2.05. The first-order valence-electron chi connectivity index (χ1n) is 4.64. The molecular formula is C11H10N4O. The second-order valence-electron chi connectivity index (χ2n) is 2.92. The lowest BCUT2D eigenvalue weighted by Crippen LogP contribution is -2.12. The van der Waals surface area contributed by atoms with Gasteiger partial charge in [0.25, 0.3) is 0 Å². The molecule has 0 bridgehead atoms. The second kappa shape index (κ2) is 6.12. The minimum atomic E-state index is -0.500. The fraction of sp³-hybridized carbons (Fsp3) is 0.182. The van der Waals surface area contributed by atoms with Crippen molar-refractivity contribution in [2.24, 2.45) is 10.8 Å². The molecule has 0 aliphatic heterocycles. The molecular weight excluding hydrogens is 204 g/mol. The Morgan fingerprint density at radius 3 is 2.94 bits per heavy atom. The molecule has 5 heteroatoms. The molecule has 0 aliphatic carbocycles. The zero-order valence-corrected chi connectivity index (χ0v) is 8.55. The van der Waals surface area contributed by atoms with Crippen LogP contribution in [0.25, 0.3) is 10.4 Å². The van der Waals surface area contributed by atoms with Crippen LogP contribution in [-0.4, -0.2) is 12.5 Å². The molecule has 0 aliphatic rings. The molecule has 0 saturated carbocycles. The lowest BCUT2D eigenvalue weighted by atomic mass is 10.1. The summed E-state index contributed by atoms with van der Waals surface area (Å²) in [4.78, 5) is 13.7. The minimum absolute atomic E-state index is 0.322. The van der Waals surface area contributed by atoms with Crippen molar-refractivity contribution in [3.8, 4) is 11.8 Å². The van der Waals surface area contributed by atoms with Gasteiger partial charge in [-0.2, -0.15) is 0 Å². The number of amides is 1. The van der Waals surface area contributed by atoms with Crippen LogP contribution in [0.15, 0.2) is 29.4 Å². The van der Waals surface area contributed by atoms with Crippen LogP contribution in [0.3, 0.4) is 0 Å². The fourth-order valence-electron chi connectivity index (χ4n) is 1.12. The van der Waals surface area contributed by atoms with Gasteiger partial charge in [-0.15, -0.1) is 0 Å². The zero-order valence-electron chi connectivity index (χ0n) is 8.55. The number of nitrogens with two attached hydrogens (primary N) is 1. The van der Waals surface area contributed by atoms with Crippen molar-refractivity contribution in [1.29, 1.82) is 0 Å². The maximum Gasteiger partial charge on any atom is 0.249 e. The van der Waals surface area contributed by atoms with E-state index < -0.39 is 5.91 Å². The summed E-state index contributed by atoms with van der Waals surface area (Å²) in [5, 5.41) is 3.35. The zero-order chi connectivity index (χ0) is 11.8. The molecule has 0 atom stereocenters. The molecule has 5 nitrogen and oxygen atoms in total. The summed E-state index contributed by atoms with van der Waals surface area (Å²) < 4.78 is 0. The van der Waals surface area contributed by atoms with Gasteiger partial charge in [0.2, 0.25) is 5.91 Å². The van der Waals surface area contributed by atoms with E-state index in [1.807, 2.05) is 0 Å². The van der Waals surface area contributed by atoms with E-state index in [-0.39, 0.29) is 0 Å². The van der Waals surface area contributed by atoms with E-state index in [1.54, 1.807) is 24.3 Å². The van der Waals surface area contributed by atoms with Gasteiger partial charge in [-0.25, -0.2) is 0 Å². The first-order valence-corrected chi connectivity index (χ1v) is 4.64. The molecule has 0 saturated heterocycles. The average Bonchev–Trinajstić information content (AvgIpc) is 2.29. The topological polar surface area (TPSA) is 91.8 Å². The highest BCUT2D eigenvalue weighted by molar-refractivity contribution is 5.95. The Labute approximate surface area is 92.9 Å². The Bertz CT molecular complexity index is 492. The predicted molar refractivity (Wildman–Crippen MR) is 60.5 cm³/mol. The first-order chi connectivity index (χ1) is 7.75. The number of hydrogen-bond acceptors (Lipinski definition) is 2. The number of rotatable bonds is 3. The van der Waals surface area contributed by atoms with E-state index in [2.05, 4.69) is 21.9 Å². The summed E-state index contributed by atoms with van der Waals surface area (Å²) in [5.41, 5.74) is 14.2. The van der Waals surface area contributed by atoms with Gasteiger partial charge in [0.1, 0.15) is 0 Å². The van der Waals surface area contributed by atoms with Gasteiger partial charge >= 0.3 is 0 Å². The molecule has 1 amide bonds. The van der Waals surface area contributed by atoms with Crippen LogP contribution < -0.4 is 5.73 Å².